The van der Waals surface area contributed by atoms with Crippen LogP contribution in [0.25, 0.3) is 0 Å². The van der Waals surface area contributed by atoms with Gasteiger partial charge in [-0.25, -0.2) is 4.79 Å². The molecular weight excluding hydrogens is 371 g/mol. The average Bonchev–Trinajstić information content (AvgIpc) is 2.64. The molecular formula is C21H43NaO6. The molecule has 0 aromatic carbocycles. The molecule has 0 aromatic rings. The minimum atomic E-state index is -1.63. The van der Waals surface area contributed by atoms with Crippen molar-refractivity contribution >= 4 is 11.9 Å². The largest absolute Gasteiger partial charge is 1.00 e. The van der Waals surface area contributed by atoms with E-state index in [1.807, 2.05) is 0 Å². The maximum Gasteiger partial charge on any atom is 1.00 e. The molecule has 0 amide bonds. The van der Waals surface area contributed by atoms with Crippen LogP contribution in [0.2, 0.25) is 0 Å². The van der Waals surface area contributed by atoms with Gasteiger partial charge in [0.05, 0.1) is 6.61 Å². The number of carboxylic acid groups (broad SMARTS) is 2. The Hall–Kier alpha value is -0.140. The summed E-state index contributed by atoms with van der Waals surface area (Å²) in [6, 6.07) is 0. The molecule has 0 aliphatic heterocycles. The molecule has 0 bridgehead atoms. The zero-order valence-corrected chi connectivity index (χ0v) is 20.2. The second-order valence-corrected chi connectivity index (χ2v) is 7.13. The van der Waals surface area contributed by atoms with Crippen molar-refractivity contribution in [2.45, 2.75) is 116 Å². The first kappa shape index (κ1) is 32.5. The van der Waals surface area contributed by atoms with Gasteiger partial charge in [-0.1, -0.05) is 96.8 Å². The Morgan fingerprint density at radius 1 is 0.714 bits per heavy atom. The van der Waals surface area contributed by atoms with E-state index >= 15 is 0 Å². The fourth-order valence-corrected chi connectivity index (χ4v) is 2.73. The van der Waals surface area contributed by atoms with Gasteiger partial charge in [-0.15, -0.1) is 0 Å². The summed E-state index contributed by atoms with van der Waals surface area (Å²) >= 11 is 0. The molecule has 0 aliphatic rings. The number of rotatable bonds is 18. The van der Waals surface area contributed by atoms with E-state index in [4.69, 9.17) is 20.4 Å². The van der Waals surface area contributed by atoms with Crippen molar-refractivity contribution in [1.29, 1.82) is 0 Å². The number of carboxylic acids is 2. The summed E-state index contributed by atoms with van der Waals surface area (Å²) in [6.07, 6.45) is 18.6. The van der Waals surface area contributed by atoms with Crippen LogP contribution in [0.1, 0.15) is 111 Å². The minimum absolute atomic E-state index is 0. The van der Waals surface area contributed by atoms with E-state index in [0.29, 0.717) is 6.42 Å². The predicted molar refractivity (Wildman–Crippen MR) is 109 cm³/mol. The smallest absolute Gasteiger partial charge is 1.00 e. The maximum atomic E-state index is 10.3. The monoisotopic (exact) mass is 414 g/mol. The Morgan fingerprint density at radius 3 is 1.25 bits per heavy atom. The summed E-state index contributed by atoms with van der Waals surface area (Å²) < 4.78 is 0. The van der Waals surface area contributed by atoms with E-state index < -0.39 is 24.6 Å². The number of aliphatic hydroxyl groups is 2. The molecule has 0 saturated carbocycles. The van der Waals surface area contributed by atoms with Gasteiger partial charge in [0.2, 0.25) is 0 Å². The van der Waals surface area contributed by atoms with E-state index in [9.17, 15) is 9.59 Å². The quantitative estimate of drug-likeness (QED) is 0.201. The van der Waals surface area contributed by atoms with Crippen LogP contribution < -0.4 is 29.6 Å². The van der Waals surface area contributed by atoms with Crippen molar-refractivity contribution in [2.75, 3.05) is 6.61 Å². The van der Waals surface area contributed by atoms with Crippen molar-refractivity contribution in [3.8, 4) is 0 Å². The summed E-state index contributed by atoms with van der Waals surface area (Å²) in [5.74, 6) is -2.05. The SMILES string of the molecule is CCCCCCCCCCCCCCCCCC(=O)O.O=C(O)C(O)CO.[H-].[Na+]. The van der Waals surface area contributed by atoms with Crippen LogP contribution in [0.3, 0.4) is 0 Å². The number of hydrogen-bond donors (Lipinski definition) is 4. The Balaban J connectivity index is -0.000000298. The van der Waals surface area contributed by atoms with Crippen LogP contribution in [-0.2, 0) is 9.59 Å². The Labute approximate surface area is 194 Å². The molecule has 0 rings (SSSR count). The first-order valence-electron chi connectivity index (χ1n) is 10.7. The Morgan fingerprint density at radius 2 is 1.04 bits per heavy atom. The molecule has 0 fully saturated rings. The minimum Gasteiger partial charge on any atom is -1.00 e. The molecule has 1 unspecified atom stereocenters. The summed E-state index contributed by atoms with van der Waals surface area (Å²) in [5, 5.41) is 32.2. The molecule has 4 N–H and O–H groups in total. The number of unbranched alkanes of at least 4 members (excludes halogenated alkanes) is 14. The third-order valence-electron chi connectivity index (χ3n) is 4.45. The van der Waals surface area contributed by atoms with E-state index in [0.717, 1.165) is 12.8 Å². The van der Waals surface area contributed by atoms with E-state index in [1.165, 1.54) is 83.5 Å². The molecule has 0 aromatic heterocycles. The molecule has 7 heteroatoms. The second kappa shape index (κ2) is 26.9. The van der Waals surface area contributed by atoms with E-state index in [1.54, 1.807) is 0 Å². The van der Waals surface area contributed by atoms with Gasteiger partial charge in [0, 0.05) is 6.42 Å². The van der Waals surface area contributed by atoms with Crippen LogP contribution in [0.5, 0.6) is 0 Å². The molecule has 0 spiro atoms. The van der Waals surface area contributed by atoms with Crippen molar-refractivity contribution < 1.29 is 61.0 Å². The first-order valence-corrected chi connectivity index (χ1v) is 10.7. The summed E-state index contributed by atoms with van der Waals surface area (Å²) in [5.41, 5.74) is 0. The zero-order chi connectivity index (χ0) is 20.8. The molecule has 1 atom stereocenters. The van der Waals surface area contributed by atoms with Gasteiger partial charge in [-0.05, 0) is 6.42 Å². The third kappa shape index (κ3) is 30.6. The fraction of sp³-hybridized carbons (Fsp3) is 0.905. The van der Waals surface area contributed by atoms with Gasteiger partial charge in [0.25, 0.3) is 0 Å². The van der Waals surface area contributed by atoms with Crippen LogP contribution >= 0.6 is 0 Å². The average molecular weight is 415 g/mol. The topological polar surface area (TPSA) is 115 Å². The Kier molecular flexibility index (Phi) is 31.2. The molecule has 6 nitrogen and oxygen atoms in total. The summed E-state index contributed by atoms with van der Waals surface area (Å²) in [7, 11) is 0. The van der Waals surface area contributed by atoms with E-state index in [2.05, 4.69) is 6.92 Å². The zero-order valence-electron chi connectivity index (χ0n) is 19.2. The van der Waals surface area contributed by atoms with Gasteiger partial charge < -0.3 is 21.9 Å². The van der Waals surface area contributed by atoms with Crippen molar-refractivity contribution in [1.82, 2.24) is 0 Å². The summed E-state index contributed by atoms with van der Waals surface area (Å²) in [4.78, 5) is 19.9. The standard InChI is InChI=1S/C18H36O2.C3H6O4.Na.H/c1-2-3-4-5-6-7-8-9-10-11-12-13-14-15-16-17-18(19)20;4-1-2(5)3(6)7;;/h2-17H2,1H3,(H,19,20);2,4-5H,1H2,(H,6,7);;/q;;+1;-1. The maximum absolute atomic E-state index is 10.3. The molecule has 0 heterocycles. The number of carbonyl (C=O) groups is 2. The van der Waals surface area contributed by atoms with Crippen LogP contribution in [0.4, 0.5) is 0 Å². The second-order valence-electron chi connectivity index (χ2n) is 7.13. The third-order valence-corrected chi connectivity index (χ3v) is 4.45. The van der Waals surface area contributed by atoms with Crippen molar-refractivity contribution in [3.63, 3.8) is 0 Å². The normalized spacial score (nSPS) is 11.1. The Bertz CT molecular complexity index is 345. The molecule has 28 heavy (non-hydrogen) atoms. The molecule has 0 saturated heterocycles. The van der Waals surface area contributed by atoms with Crippen molar-refractivity contribution in [2.24, 2.45) is 0 Å². The number of hydrogen-bond acceptors (Lipinski definition) is 4. The van der Waals surface area contributed by atoms with Gasteiger partial charge in [-0.3, -0.25) is 4.79 Å². The van der Waals surface area contributed by atoms with Gasteiger partial charge in [0.1, 0.15) is 0 Å². The fourth-order valence-electron chi connectivity index (χ4n) is 2.73. The van der Waals surface area contributed by atoms with Gasteiger partial charge in [0.15, 0.2) is 6.10 Å². The van der Waals surface area contributed by atoms with Gasteiger partial charge >= 0.3 is 41.5 Å². The van der Waals surface area contributed by atoms with Crippen LogP contribution in [-0.4, -0.2) is 45.1 Å². The van der Waals surface area contributed by atoms with E-state index in [-0.39, 0.29) is 31.0 Å². The molecule has 0 radical (unpaired) electrons. The number of aliphatic hydroxyl groups excluding tert-OH is 2. The predicted octanol–water partition coefficient (Wildman–Crippen LogP) is 1.87. The number of aliphatic carboxylic acids is 2. The van der Waals surface area contributed by atoms with Crippen molar-refractivity contribution in [3.05, 3.63) is 0 Å². The van der Waals surface area contributed by atoms with Crippen LogP contribution in [0, 0.1) is 0 Å². The van der Waals surface area contributed by atoms with Gasteiger partial charge in [-0.2, -0.15) is 0 Å². The molecule has 0 aliphatic carbocycles. The molecule has 164 valence electrons. The first-order chi connectivity index (χ1) is 13.0. The van der Waals surface area contributed by atoms with Crippen LogP contribution in [0.15, 0.2) is 0 Å². The summed E-state index contributed by atoms with van der Waals surface area (Å²) in [6.45, 7) is 1.54.